The second kappa shape index (κ2) is 4.24. The van der Waals surface area contributed by atoms with Crippen LogP contribution in [0.15, 0.2) is 0 Å². The van der Waals surface area contributed by atoms with Gasteiger partial charge in [-0.2, -0.15) is 0 Å². The van der Waals surface area contributed by atoms with Gasteiger partial charge in [0.2, 0.25) is 0 Å². The highest BCUT2D eigenvalue weighted by molar-refractivity contribution is 5.02. The molecule has 17 heavy (non-hydrogen) atoms. The molecule has 0 amide bonds. The van der Waals surface area contributed by atoms with Crippen molar-refractivity contribution < 1.29 is 10.2 Å². The van der Waals surface area contributed by atoms with Crippen molar-refractivity contribution in [3.8, 4) is 0 Å². The zero-order valence-electron chi connectivity index (χ0n) is 11.7. The summed E-state index contributed by atoms with van der Waals surface area (Å²) in [4.78, 5) is 0. The Bertz CT molecular complexity index is 285. The molecule has 0 saturated heterocycles. The number of fused-ring (bicyclic) bond motifs is 1. The average molecular weight is 240 g/mol. The van der Waals surface area contributed by atoms with E-state index in [2.05, 4.69) is 27.7 Å². The van der Waals surface area contributed by atoms with Crippen LogP contribution in [0.3, 0.4) is 0 Å². The van der Waals surface area contributed by atoms with Gasteiger partial charge in [0.1, 0.15) is 0 Å². The predicted molar refractivity (Wildman–Crippen MR) is 69.3 cm³/mol. The molecule has 2 nitrogen and oxygen atoms in total. The lowest BCUT2D eigenvalue weighted by atomic mass is 9.51. The Labute approximate surface area is 105 Å². The van der Waals surface area contributed by atoms with Crippen LogP contribution in [0, 0.1) is 29.1 Å². The summed E-state index contributed by atoms with van der Waals surface area (Å²) in [6.07, 6.45) is 4.81. The summed E-state index contributed by atoms with van der Waals surface area (Å²) in [7, 11) is 0. The highest BCUT2D eigenvalue weighted by atomic mass is 16.5. The van der Waals surface area contributed by atoms with Gasteiger partial charge < -0.3 is 10.2 Å². The molecule has 2 aliphatic rings. The molecule has 0 unspecified atom stereocenters. The van der Waals surface area contributed by atoms with E-state index in [0.29, 0.717) is 18.3 Å². The van der Waals surface area contributed by atoms with E-state index in [-0.39, 0.29) is 5.41 Å². The Kier molecular flexibility index (Phi) is 3.33. The fourth-order valence-electron chi connectivity index (χ4n) is 4.25. The first-order chi connectivity index (χ1) is 7.78. The van der Waals surface area contributed by atoms with Crippen molar-refractivity contribution in [3.05, 3.63) is 0 Å². The van der Waals surface area contributed by atoms with Crippen LogP contribution in [0.1, 0.15) is 59.8 Å². The van der Waals surface area contributed by atoms with Gasteiger partial charge in [-0.25, -0.2) is 0 Å². The maximum absolute atomic E-state index is 10.3. The summed E-state index contributed by atoms with van der Waals surface area (Å²) in [5, 5.41) is 20.7. The minimum atomic E-state index is -1.44. The molecule has 2 aliphatic carbocycles. The van der Waals surface area contributed by atoms with E-state index >= 15 is 0 Å². The van der Waals surface area contributed by atoms with Gasteiger partial charge in [0.05, 0.1) is 0 Å². The lowest BCUT2D eigenvalue weighted by Gasteiger charge is -2.57. The lowest BCUT2D eigenvalue weighted by molar-refractivity contribution is -0.293. The molecule has 2 rings (SSSR count). The van der Waals surface area contributed by atoms with Crippen LogP contribution < -0.4 is 0 Å². The Balaban J connectivity index is 2.23. The van der Waals surface area contributed by atoms with Gasteiger partial charge in [-0.05, 0) is 49.4 Å². The highest BCUT2D eigenvalue weighted by Crippen LogP contribution is 2.58. The molecule has 2 fully saturated rings. The summed E-state index contributed by atoms with van der Waals surface area (Å²) in [6.45, 7) is 8.99. The van der Waals surface area contributed by atoms with Gasteiger partial charge in [0.15, 0.2) is 5.79 Å². The topological polar surface area (TPSA) is 40.5 Å². The maximum atomic E-state index is 10.3. The molecule has 2 saturated carbocycles. The normalized spacial score (nSPS) is 45.7. The van der Waals surface area contributed by atoms with Crippen molar-refractivity contribution >= 4 is 0 Å². The SMILES string of the molecule is CC(C)[C@@H]1CC[C@]2(C)[C@@H](C1)[C@H](C)CCC2(O)O. The molecule has 0 aromatic heterocycles. The first-order valence-electron chi connectivity index (χ1n) is 7.22. The molecule has 0 bridgehead atoms. The van der Waals surface area contributed by atoms with Crippen LogP contribution in [0.4, 0.5) is 0 Å². The molecule has 0 aromatic carbocycles. The summed E-state index contributed by atoms with van der Waals surface area (Å²) in [5.41, 5.74) is -0.282. The third kappa shape index (κ3) is 2.04. The first kappa shape index (κ1) is 13.4. The molecule has 2 N–H and O–H groups in total. The van der Waals surface area contributed by atoms with E-state index in [1.165, 1.54) is 6.42 Å². The van der Waals surface area contributed by atoms with Crippen LogP contribution in [-0.4, -0.2) is 16.0 Å². The van der Waals surface area contributed by atoms with Crippen LogP contribution in [0.2, 0.25) is 0 Å². The van der Waals surface area contributed by atoms with E-state index in [9.17, 15) is 10.2 Å². The fourth-order valence-corrected chi connectivity index (χ4v) is 4.25. The molecule has 2 heteroatoms. The smallest absolute Gasteiger partial charge is 0.168 e. The van der Waals surface area contributed by atoms with E-state index in [0.717, 1.165) is 31.1 Å². The molecular formula is C15H28O2. The van der Waals surface area contributed by atoms with Gasteiger partial charge in [0, 0.05) is 11.8 Å². The Morgan fingerprint density at radius 1 is 1.12 bits per heavy atom. The summed E-state index contributed by atoms with van der Waals surface area (Å²) in [6, 6.07) is 0. The van der Waals surface area contributed by atoms with Crippen LogP contribution >= 0.6 is 0 Å². The second-order valence-corrected chi connectivity index (χ2v) is 7.14. The van der Waals surface area contributed by atoms with Crippen molar-refractivity contribution in [2.45, 2.75) is 65.6 Å². The standard InChI is InChI=1S/C15H28O2/c1-10(2)12-6-7-14(4)13(9-12)11(3)5-8-15(14,16)17/h10-13,16-17H,5-9H2,1-4H3/t11-,12-,13+,14-/m1/s1. The van der Waals surface area contributed by atoms with E-state index in [1.54, 1.807) is 0 Å². The van der Waals surface area contributed by atoms with Crippen molar-refractivity contribution in [3.63, 3.8) is 0 Å². The quantitative estimate of drug-likeness (QED) is 0.691. The van der Waals surface area contributed by atoms with Crippen LogP contribution in [-0.2, 0) is 0 Å². The predicted octanol–water partition coefficient (Wildman–Crippen LogP) is 3.18. The lowest BCUT2D eigenvalue weighted by Crippen LogP contribution is -2.58. The van der Waals surface area contributed by atoms with Gasteiger partial charge in [-0.3, -0.25) is 0 Å². The van der Waals surface area contributed by atoms with Gasteiger partial charge in [-0.1, -0.05) is 27.7 Å². The molecule has 4 atom stereocenters. The number of aliphatic hydroxyl groups is 2. The van der Waals surface area contributed by atoms with Crippen LogP contribution in [0.25, 0.3) is 0 Å². The molecule has 0 aliphatic heterocycles. The van der Waals surface area contributed by atoms with E-state index in [4.69, 9.17) is 0 Å². The molecule has 0 spiro atoms. The summed E-state index contributed by atoms with van der Waals surface area (Å²) < 4.78 is 0. The van der Waals surface area contributed by atoms with Gasteiger partial charge in [0.25, 0.3) is 0 Å². The average Bonchev–Trinajstić information content (AvgIpc) is 2.24. The second-order valence-electron chi connectivity index (χ2n) is 7.14. The van der Waals surface area contributed by atoms with Gasteiger partial charge in [-0.15, -0.1) is 0 Å². The van der Waals surface area contributed by atoms with Crippen LogP contribution in [0.5, 0.6) is 0 Å². The third-order valence-electron chi connectivity index (χ3n) is 5.90. The minimum Gasteiger partial charge on any atom is -0.365 e. The Morgan fingerprint density at radius 2 is 1.76 bits per heavy atom. The first-order valence-corrected chi connectivity index (χ1v) is 7.22. The maximum Gasteiger partial charge on any atom is 0.168 e. The molecular weight excluding hydrogens is 212 g/mol. The molecule has 0 aromatic rings. The van der Waals surface area contributed by atoms with Gasteiger partial charge >= 0.3 is 0 Å². The fraction of sp³-hybridized carbons (Fsp3) is 1.00. The third-order valence-corrected chi connectivity index (χ3v) is 5.90. The van der Waals surface area contributed by atoms with Crippen molar-refractivity contribution in [2.75, 3.05) is 0 Å². The molecule has 0 radical (unpaired) electrons. The van der Waals surface area contributed by atoms with E-state index in [1.807, 2.05) is 0 Å². The van der Waals surface area contributed by atoms with Crippen molar-refractivity contribution in [2.24, 2.45) is 29.1 Å². The van der Waals surface area contributed by atoms with Crippen molar-refractivity contribution in [1.29, 1.82) is 0 Å². The molecule has 100 valence electrons. The number of hydrogen-bond acceptors (Lipinski definition) is 2. The summed E-state index contributed by atoms with van der Waals surface area (Å²) in [5.74, 6) is 1.16. The zero-order chi connectivity index (χ0) is 12.8. The zero-order valence-corrected chi connectivity index (χ0v) is 11.7. The van der Waals surface area contributed by atoms with E-state index < -0.39 is 5.79 Å². The Hall–Kier alpha value is -0.0800. The number of hydrogen-bond donors (Lipinski definition) is 2. The molecule has 0 heterocycles. The minimum absolute atomic E-state index is 0.282. The largest absolute Gasteiger partial charge is 0.365 e. The van der Waals surface area contributed by atoms with Crippen molar-refractivity contribution in [1.82, 2.24) is 0 Å². The summed E-state index contributed by atoms with van der Waals surface area (Å²) >= 11 is 0. The monoisotopic (exact) mass is 240 g/mol. The number of rotatable bonds is 1. The highest BCUT2D eigenvalue weighted by Gasteiger charge is 2.57. The Morgan fingerprint density at radius 3 is 2.35 bits per heavy atom.